The minimum absolute atomic E-state index is 0.599. The molecule has 4 heteroatoms. The lowest BCUT2D eigenvalue weighted by atomic mass is 10.2. The molecule has 0 amide bonds. The monoisotopic (exact) mass is 280 g/mol. The number of hydrogen-bond acceptors (Lipinski definition) is 2. The predicted molar refractivity (Wildman–Crippen MR) is 83.9 cm³/mol. The van der Waals surface area contributed by atoms with Crippen molar-refractivity contribution in [3.63, 3.8) is 0 Å². The summed E-state index contributed by atoms with van der Waals surface area (Å²) in [6.07, 6.45) is 4.22. The number of rotatable bonds is 2. The van der Waals surface area contributed by atoms with Gasteiger partial charge in [0.2, 0.25) is 0 Å². The normalized spacial score (nSPS) is 15.5. The Kier molecular flexibility index (Phi) is 3.76. The second kappa shape index (κ2) is 5.71. The van der Waals surface area contributed by atoms with Crippen molar-refractivity contribution in [2.75, 3.05) is 13.1 Å². The summed E-state index contributed by atoms with van der Waals surface area (Å²) in [5.74, 6) is 0. The number of fused-ring (bicyclic) bond motifs is 1. The summed E-state index contributed by atoms with van der Waals surface area (Å²) in [4.78, 5) is 5.93. The first-order chi connectivity index (χ1) is 10.2. The molecule has 21 heavy (non-hydrogen) atoms. The highest BCUT2D eigenvalue weighted by Gasteiger charge is 2.18. The summed E-state index contributed by atoms with van der Waals surface area (Å²) in [5.41, 5.74) is 4.26. The van der Waals surface area contributed by atoms with E-state index in [1.165, 1.54) is 11.3 Å². The van der Waals surface area contributed by atoms with Crippen LogP contribution in [0.2, 0.25) is 0 Å². The van der Waals surface area contributed by atoms with Gasteiger partial charge in [-0.1, -0.05) is 12.1 Å². The van der Waals surface area contributed by atoms with E-state index in [1.807, 2.05) is 28.9 Å². The van der Waals surface area contributed by atoms with Crippen molar-refractivity contribution in [1.29, 1.82) is 0 Å². The van der Waals surface area contributed by atoms with Gasteiger partial charge in [0, 0.05) is 31.7 Å². The number of aromatic nitrogens is 2. The molecule has 108 valence electrons. The molecule has 2 heterocycles. The third kappa shape index (κ3) is 2.84. The van der Waals surface area contributed by atoms with E-state index in [2.05, 4.69) is 29.8 Å². The van der Waals surface area contributed by atoms with Crippen molar-refractivity contribution in [2.24, 2.45) is 0 Å². The summed E-state index contributed by atoms with van der Waals surface area (Å²) in [6, 6.07) is 8.20. The number of benzene rings is 1. The van der Waals surface area contributed by atoms with Crippen LogP contribution in [-0.2, 0) is 12.8 Å². The Morgan fingerprint density at radius 2 is 1.86 bits per heavy atom. The minimum atomic E-state index is 0.599. The van der Waals surface area contributed by atoms with Crippen LogP contribution < -0.4 is 0 Å². The Balaban J connectivity index is 1.82. The lowest BCUT2D eigenvalue weighted by Gasteiger charge is -2.23. The first-order valence-corrected chi connectivity index (χ1v) is 7.47. The first kappa shape index (κ1) is 13.8. The molecule has 3 rings (SSSR count). The predicted octanol–water partition coefficient (Wildman–Crippen LogP) is 3.23. The van der Waals surface area contributed by atoms with Crippen LogP contribution in [0.1, 0.15) is 25.1 Å². The molecule has 0 radical (unpaired) electrons. The van der Waals surface area contributed by atoms with Gasteiger partial charge >= 0.3 is 0 Å². The first-order valence-electron chi connectivity index (χ1n) is 7.47. The van der Waals surface area contributed by atoms with Crippen molar-refractivity contribution < 1.29 is 0 Å². The van der Waals surface area contributed by atoms with Crippen molar-refractivity contribution in [3.05, 3.63) is 53.1 Å². The van der Waals surface area contributed by atoms with Crippen molar-refractivity contribution in [3.8, 4) is 5.69 Å². The van der Waals surface area contributed by atoms with Gasteiger partial charge in [-0.05, 0) is 38.0 Å². The molecule has 0 unspecified atom stereocenters. The standard InChI is InChI=1S/C17H20N4/c1-13(2)20-10-8-14-12-21(19-17(14)9-11-20)16-6-4-15(18-3)5-7-16/h4-7,12-13H,8-11H2,1-2H3. The molecule has 0 saturated heterocycles. The Labute approximate surface area is 125 Å². The molecule has 1 aliphatic heterocycles. The molecule has 1 aromatic carbocycles. The maximum absolute atomic E-state index is 7.00. The second-order valence-electron chi connectivity index (χ2n) is 5.80. The molecular formula is C17H20N4. The fourth-order valence-electron chi connectivity index (χ4n) is 2.82. The van der Waals surface area contributed by atoms with E-state index in [9.17, 15) is 0 Å². The summed E-state index contributed by atoms with van der Waals surface area (Å²) in [5, 5.41) is 4.74. The largest absolute Gasteiger partial charge is 0.300 e. The van der Waals surface area contributed by atoms with E-state index in [0.717, 1.165) is 31.6 Å². The zero-order valence-corrected chi connectivity index (χ0v) is 12.6. The zero-order chi connectivity index (χ0) is 14.8. The van der Waals surface area contributed by atoms with Crippen LogP contribution in [0.4, 0.5) is 5.69 Å². The van der Waals surface area contributed by atoms with Crippen molar-refractivity contribution >= 4 is 5.69 Å². The zero-order valence-electron chi connectivity index (χ0n) is 12.6. The molecule has 1 aliphatic rings. The fourth-order valence-corrected chi connectivity index (χ4v) is 2.82. The molecule has 0 saturated carbocycles. The van der Waals surface area contributed by atoms with Gasteiger partial charge in [0.05, 0.1) is 18.0 Å². The topological polar surface area (TPSA) is 25.4 Å². The summed E-state index contributed by atoms with van der Waals surface area (Å²) in [7, 11) is 0. The average Bonchev–Trinajstić information content (AvgIpc) is 2.80. The molecule has 0 bridgehead atoms. The third-order valence-electron chi connectivity index (χ3n) is 4.16. The maximum atomic E-state index is 7.00. The summed E-state index contributed by atoms with van der Waals surface area (Å²) < 4.78 is 1.95. The van der Waals surface area contributed by atoms with E-state index < -0.39 is 0 Å². The van der Waals surface area contributed by atoms with Crippen LogP contribution in [0.3, 0.4) is 0 Å². The molecule has 0 N–H and O–H groups in total. The lowest BCUT2D eigenvalue weighted by molar-refractivity contribution is 0.232. The molecule has 0 atom stereocenters. The van der Waals surface area contributed by atoms with Crippen molar-refractivity contribution in [1.82, 2.24) is 14.7 Å². The Hall–Kier alpha value is -2.12. The highest BCUT2D eigenvalue weighted by molar-refractivity contribution is 5.49. The Bertz CT molecular complexity index is 636. The minimum Gasteiger partial charge on any atom is -0.300 e. The van der Waals surface area contributed by atoms with Crippen LogP contribution in [0.15, 0.2) is 30.5 Å². The smallest absolute Gasteiger partial charge is 0.187 e. The van der Waals surface area contributed by atoms with E-state index in [4.69, 9.17) is 11.7 Å². The SMILES string of the molecule is [C-]#[N+]c1ccc(-n2cc3c(n2)CCN(C(C)C)CC3)cc1. The highest BCUT2D eigenvalue weighted by atomic mass is 15.3. The second-order valence-corrected chi connectivity index (χ2v) is 5.80. The van der Waals surface area contributed by atoms with Crippen LogP contribution >= 0.6 is 0 Å². The molecule has 0 fully saturated rings. The molecule has 1 aromatic heterocycles. The Morgan fingerprint density at radius 1 is 1.14 bits per heavy atom. The number of hydrogen-bond donors (Lipinski definition) is 0. The maximum Gasteiger partial charge on any atom is 0.187 e. The van der Waals surface area contributed by atoms with Gasteiger partial charge in [-0.25, -0.2) is 9.53 Å². The molecule has 2 aromatic rings. The van der Waals surface area contributed by atoms with E-state index in [1.54, 1.807) is 0 Å². The van der Waals surface area contributed by atoms with Gasteiger partial charge in [-0.15, -0.1) is 0 Å². The van der Waals surface area contributed by atoms with Crippen LogP contribution in [0.5, 0.6) is 0 Å². The quantitative estimate of drug-likeness (QED) is 0.789. The van der Waals surface area contributed by atoms with Crippen LogP contribution in [0, 0.1) is 6.57 Å². The van der Waals surface area contributed by atoms with Gasteiger partial charge in [-0.2, -0.15) is 5.10 Å². The average molecular weight is 280 g/mol. The number of nitrogens with zero attached hydrogens (tertiary/aromatic N) is 4. The van der Waals surface area contributed by atoms with E-state index >= 15 is 0 Å². The van der Waals surface area contributed by atoms with Gasteiger partial charge in [0.1, 0.15) is 0 Å². The van der Waals surface area contributed by atoms with E-state index in [0.29, 0.717) is 11.7 Å². The lowest BCUT2D eigenvalue weighted by Crippen LogP contribution is -2.33. The van der Waals surface area contributed by atoms with Crippen LogP contribution in [0.25, 0.3) is 10.5 Å². The summed E-state index contributed by atoms with van der Waals surface area (Å²) in [6.45, 7) is 13.7. The Morgan fingerprint density at radius 3 is 2.52 bits per heavy atom. The van der Waals surface area contributed by atoms with Crippen molar-refractivity contribution in [2.45, 2.75) is 32.7 Å². The van der Waals surface area contributed by atoms with E-state index in [-0.39, 0.29) is 0 Å². The molecule has 0 spiro atoms. The van der Waals surface area contributed by atoms with Gasteiger partial charge in [0.25, 0.3) is 0 Å². The summed E-state index contributed by atoms with van der Waals surface area (Å²) >= 11 is 0. The highest BCUT2D eigenvalue weighted by Crippen LogP contribution is 2.20. The van der Waals surface area contributed by atoms with Gasteiger partial charge in [-0.3, -0.25) is 0 Å². The molecular weight excluding hydrogens is 260 g/mol. The molecule has 0 aliphatic carbocycles. The third-order valence-corrected chi connectivity index (χ3v) is 4.16. The fraction of sp³-hybridized carbons (Fsp3) is 0.412. The van der Waals surface area contributed by atoms with Gasteiger partial charge < -0.3 is 4.90 Å². The molecule has 4 nitrogen and oxygen atoms in total. The van der Waals surface area contributed by atoms with Gasteiger partial charge in [0.15, 0.2) is 5.69 Å². The van der Waals surface area contributed by atoms with Crippen LogP contribution in [-0.4, -0.2) is 33.8 Å².